The molecular weight excluding hydrogens is 238 g/mol. The second-order valence-corrected chi connectivity index (χ2v) is 5.00. The zero-order valence-corrected chi connectivity index (χ0v) is 12.0. The number of nitrogens with two attached hydrogens (primary N) is 1. The van der Waals surface area contributed by atoms with Crippen LogP contribution in [0, 0.1) is 6.92 Å². The van der Waals surface area contributed by atoms with E-state index in [1.54, 1.807) is 6.26 Å². The van der Waals surface area contributed by atoms with Gasteiger partial charge in [-0.15, -0.1) is 0 Å². The Bertz CT molecular complexity index is 511. The lowest BCUT2D eigenvalue weighted by Crippen LogP contribution is -2.15. The molecule has 4 nitrogen and oxygen atoms in total. The minimum Gasteiger partial charge on any atom is -0.469 e. The van der Waals surface area contributed by atoms with Gasteiger partial charge in [0.15, 0.2) is 0 Å². The highest BCUT2D eigenvalue weighted by Gasteiger charge is 2.14. The predicted octanol–water partition coefficient (Wildman–Crippen LogP) is 3.39. The van der Waals surface area contributed by atoms with Gasteiger partial charge in [0.2, 0.25) is 0 Å². The number of hydrogen-bond acceptors (Lipinski definition) is 3. The molecule has 104 valence electrons. The largest absolute Gasteiger partial charge is 0.469 e. The zero-order valence-electron chi connectivity index (χ0n) is 12.0. The highest BCUT2D eigenvalue weighted by Crippen LogP contribution is 2.21. The van der Waals surface area contributed by atoms with Gasteiger partial charge in [-0.1, -0.05) is 13.8 Å². The van der Waals surface area contributed by atoms with Crippen LogP contribution >= 0.6 is 0 Å². The number of rotatable bonds is 6. The van der Waals surface area contributed by atoms with E-state index in [4.69, 9.17) is 10.2 Å². The van der Waals surface area contributed by atoms with E-state index in [1.807, 2.05) is 13.0 Å². The molecule has 2 aromatic heterocycles. The third kappa shape index (κ3) is 3.07. The van der Waals surface area contributed by atoms with Crippen molar-refractivity contribution >= 4 is 0 Å². The summed E-state index contributed by atoms with van der Waals surface area (Å²) in [6.45, 7) is 6.32. The molecule has 0 saturated carbocycles. The van der Waals surface area contributed by atoms with E-state index in [1.165, 1.54) is 0 Å². The molecule has 0 bridgehead atoms. The van der Waals surface area contributed by atoms with Gasteiger partial charge in [-0.25, -0.2) is 0 Å². The first-order valence-electron chi connectivity index (χ1n) is 6.99. The van der Waals surface area contributed by atoms with Gasteiger partial charge in [-0.05, 0) is 31.9 Å². The Balaban J connectivity index is 2.06. The van der Waals surface area contributed by atoms with Gasteiger partial charge in [0, 0.05) is 24.2 Å². The van der Waals surface area contributed by atoms with Crippen LogP contribution in [0.3, 0.4) is 0 Å². The maximum absolute atomic E-state index is 6.21. The number of aromatic nitrogens is 2. The van der Waals surface area contributed by atoms with E-state index in [9.17, 15) is 0 Å². The minimum absolute atomic E-state index is 0.0520. The summed E-state index contributed by atoms with van der Waals surface area (Å²) in [5.74, 6) is 0.895. The molecule has 0 aromatic carbocycles. The normalized spacial score (nSPS) is 13.1. The van der Waals surface area contributed by atoms with Gasteiger partial charge in [0.05, 0.1) is 18.0 Å². The lowest BCUT2D eigenvalue weighted by Gasteiger charge is -2.13. The van der Waals surface area contributed by atoms with Crippen molar-refractivity contribution in [2.75, 3.05) is 0 Å². The lowest BCUT2D eigenvalue weighted by molar-refractivity contribution is 0.424. The molecule has 19 heavy (non-hydrogen) atoms. The van der Waals surface area contributed by atoms with E-state index < -0.39 is 0 Å². The summed E-state index contributed by atoms with van der Waals surface area (Å²) in [6.07, 6.45) is 6.69. The maximum atomic E-state index is 6.21. The Morgan fingerprint density at radius 2 is 2.05 bits per heavy atom. The fraction of sp³-hybridized carbons (Fsp3) is 0.533. The van der Waals surface area contributed by atoms with Gasteiger partial charge in [0.1, 0.15) is 5.76 Å². The average molecular weight is 261 g/mol. The highest BCUT2D eigenvalue weighted by molar-refractivity contribution is 5.21. The van der Waals surface area contributed by atoms with Crippen molar-refractivity contribution in [1.82, 2.24) is 9.78 Å². The smallest absolute Gasteiger partial charge is 0.105 e. The fourth-order valence-electron chi connectivity index (χ4n) is 2.47. The van der Waals surface area contributed by atoms with Crippen LogP contribution in [-0.2, 0) is 6.42 Å². The molecule has 1 atom stereocenters. The summed E-state index contributed by atoms with van der Waals surface area (Å²) >= 11 is 0. The van der Waals surface area contributed by atoms with Crippen molar-refractivity contribution in [2.45, 2.75) is 52.1 Å². The van der Waals surface area contributed by atoms with E-state index in [0.29, 0.717) is 6.04 Å². The first kappa shape index (κ1) is 13.9. The molecule has 4 heteroatoms. The van der Waals surface area contributed by atoms with Crippen molar-refractivity contribution in [3.05, 3.63) is 41.6 Å². The predicted molar refractivity (Wildman–Crippen MR) is 75.9 cm³/mol. The van der Waals surface area contributed by atoms with E-state index in [-0.39, 0.29) is 6.04 Å². The number of furan rings is 1. The quantitative estimate of drug-likeness (QED) is 0.867. The van der Waals surface area contributed by atoms with Gasteiger partial charge in [0.25, 0.3) is 0 Å². The highest BCUT2D eigenvalue weighted by atomic mass is 16.3. The summed E-state index contributed by atoms with van der Waals surface area (Å²) in [4.78, 5) is 0. The summed E-state index contributed by atoms with van der Waals surface area (Å²) in [6, 6.07) is 4.44. The van der Waals surface area contributed by atoms with Gasteiger partial charge < -0.3 is 10.2 Å². The van der Waals surface area contributed by atoms with Crippen LogP contribution in [0.2, 0.25) is 0 Å². The number of hydrogen-bond donors (Lipinski definition) is 1. The first-order valence-corrected chi connectivity index (χ1v) is 6.99. The summed E-state index contributed by atoms with van der Waals surface area (Å²) in [5.41, 5.74) is 8.32. The molecule has 0 amide bonds. The topological polar surface area (TPSA) is 57.0 Å². The van der Waals surface area contributed by atoms with Crippen molar-refractivity contribution in [3.8, 4) is 0 Å². The minimum atomic E-state index is -0.0520. The molecule has 2 N–H and O–H groups in total. The first-order chi connectivity index (χ1) is 9.15. The third-order valence-corrected chi connectivity index (χ3v) is 3.71. The van der Waals surface area contributed by atoms with Crippen LogP contribution in [0.25, 0.3) is 0 Å². The molecular formula is C15H23N3O. The molecule has 0 radical (unpaired) electrons. The maximum Gasteiger partial charge on any atom is 0.105 e. The monoisotopic (exact) mass is 261 g/mol. The molecule has 0 spiro atoms. The second kappa shape index (κ2) is 6.06. The van der Waals surface area contributed by atoms with Crippen molar-refractivity contribution < 1.29 is 4.42 Å². The summed E-state index contributed by atoms with van der Waals surface area (Å²) in [7, 11) is 0. The molecule has 0 fully saturated rings. The molecule has 2 heterocycles. The van der Waals surface area contributed by atoms with Crippen LogP contribution in [0.4, 0.5) is 0 Å². The molecule has 2 aromatic rings. The molecule has 1 unspecified atom stereocenters. The van der Waals surface area contributed by atoms with Gasteiger partial charge >= 0.3 is 0 Å². The molecule has 0 aliphatic heterocycles. The van der Waals surface area contributed by atoms with E-state index in [2.05, 4.69) is 35.9 Å². The average Bonchev–Trinajstić information content (AvgIpc) is 3.00. The Hall–Kier alpha value is -1.55. The lowest BCUT2D eigenvalue weighted by atomic mass is 10.0. The Labute approximate surface area is 114 Å². The fourth-order valence-corrected chi connectivity index (χ4v) is 2.47. The molecule has 0 aliphatic rings. The Kier molecular flexibility index (Phi) is 4.43. The Morgan fingerprint density at radius 1 is 1.32 bits per heavy atom. The SMILES string of the molecule is CCC(CC)n1ccc(CC(N)c2ccoc2C)n1. The van der Waals surface area contributed by atoms with Crippen LogP contribution in [0.5, 0.6) is 0 Å². The third-order valence-electron chi connectivity index (χ3n) is 3.71. The van der Waals surface area contributed by atoms with Crippen molar-refractivity contribution in [2.24, 2.45) is 5.73 Å². The van der Waals surface area contributed by atoms with E-state index in [0.717, 1.165) is 36.3 Å². The van der Waals surface area contributed by atoms with Crippen molar-refractivity contribution in [1.29, 1.82) is 0 Å². The van der Waals surface area contributed by atoms with E-state index >= 15 is 0 Å². The number of aryl methyl sites for hydroxylation is 1. The van der Waals surface area contributed by atoms with Crippen LogP contribution in [-0.4, -0.2) is 9.78 Å². The van der Waals surface area contributed by atoms with Crippen LogP contribution in [0.15, 0.2) is 29.0 Å². The number of nitrogens with zero attached hydrogens (tertiary/aromatic N) is 2. The second-order valence-electron chi connectivity index (χ2n) is 5.00. The zero-order chi connectivity index (χ0) is 13.8. The van der Waals surface area contributed by atoms with Crippen molar-refractivity contribution in [3.63, 3.8) is 0 Å². The molecule has 0 aliphatic carbocycles. The molecule has 0 saturated heterocycles. The van der Waals surface area contributed by atoms with Crippen LogP contribution < -0.4 is 5.73 Å². The van der Waals surface area contributed by atoms with Crippen LogP contribution in [0.1, 0.15) is 55.8 Å². The Morgan fingerprint density at radius 3 is 2.63 bits per heavy atom. The molecule has 2 rings (SSSR count). The summed E-state index contributed by atoms with van der Waals surface area (Å²) < 4.78 is 7.36. The van der Waals surface area contributed by atoms with Gasteiger partial charge in [-0.2, -0.15) is 5.10 Å². The summed E-state index contributed by atoms with van der Waals surface area (Å²) in [5, 5.41) is 4.64. The standard InChI is InChI=1S/C15H23N3O/c1-4-13(5-2)18-8-6-12(17-18)10-15(16)14-7-9-19-11(14)3/h6-9,13,15H,4-5,10,16H2,1-3H3. The van der Waals surface area contributed by atoms with Gasteiger partial charge in [-0.3, -0.25) is 4.68 Å².